The van der Waals surface area contributed by atoms with E-state index in [2.05, 4.69) is 22.9 Å². The van der Waals surface area contributed by atoms with E-state index in [1.165, 1.54) is 0 Å². The van der Waals surface area contributed by atoms with Gasteiger partial charge in [-0.05, 0) is 31.9 Å². The van der Waals surface area contributed by atoms with Crippen molar-refractivity contribution in [2.75, 3.05) is 14.1 Å². The molecule has 2 rings (SSSR count). The summed E-state index contributed by atoms with van der Waals surface area (Å²) in [6.45, 7) is 5.89. The van der Waals surface area contributed by atoms with Crippen LogP contribution in [0.5, 0.6) is 0 Å². The third-order valence-electron chi connectivity index (χ3n) is 3.80. The van der Waals surface area contributed by atoms with E-state index in [4.69, 9.17) is 5.10 Å². The first-order valence-electron chi connectivity index (χ1n) is 7.34. The van der Waals surface area contributed by atoms with Gasteiger partial charge in [0.25, 0.3) is 0 Å². The van der Waals surface area contributed by atoms with Crippen molar-refractivity contribution in [3.05, 3.63) is 40.5 Å². The number of benzene rings is 1. The molecule has 0 spiro atoms. The molecule has 1 amide bonds. The highest BCUT2D eigenvalue weighted by atomic mass is 79.9. The second-order valence-corrected chi connectivity index (χ2v) is 6.89. The average molecular weight is 364 g/mol. The first-order valence-corrected chi connectivity index (χ1v) is 8.14. The van der Waals surface area contributed by atoms with E-state index < -0.39 is 5.54 Å². The van der Waals surface area contributed by atoms with Crippen LogP contribution in [0.1, 0.15) is 26.3 Å². The van der Waals surface area contributed by atoms with Crippen molar-refractivity contribution in [2.24, 2.45) is 0 Å². The second kappa shape index (κ2) is 6.24. The van der Waals surface area contributed by atoms with Gasteiger partial charge in [-0.2, -0.15) is 5.10 Å². The van der Waals surface area contributed by atoms with Gasteiger partial charge in [-0.1, -0.05) is 41.1 Å². The molecule has 0 aliphatic carbocycles. The predicted octanol–water partition coefficient (Wildman–Crippen LogP) is 3.70. The number of hydrogen-bond donors (Lipinski definition) is 0. The minimum absolute atomic E-state index is 0.0244. The van der Waals surface area contributed by atoms with Crippen LogP contribution < -0.4 is 0 Å². The standard InChI is InChI=1S/C17H22BrN3O/c1-6-12-11-21(17(2,3)16(22)20(4)5)19-15(12)13-9-7-8-10-14(13)18/h7-11H,6H2,1-5H3. The zero-order chi connectivity index (χ0) is 16.5. The van der Waals surface area contributed by atoms with Crippen molar-refractivity contribution in [3.8, 4) is 11.3 Å². The van der Waals surface area contributed by atoms with E-state index >= 15 is 0 Å². The maximum absolute atomic E-state index is 12.4. The van der Waals surface area contributed by atoms with E-state index in [0.29, 0.717) is 0 Å². The molecule has 0 aliphatic heterocycles. The Bertz CT molecular complexity index is 689. The average Bonchev–Trinajstić information content (AvgIpc) is 2.91. The number of amides is 1. The van der Waals surface area contributed by atoms with Crippen LogP contribution in [0.15, 0.2) is 34.9 Å². The number of halogens is 1. The summed E-state index contributed by atoms with van der Waals surface area (Å²) in [5.74, 6) is 0.0244. The van der Waals surface area contributed by atoms with E-state index in [1.54, 1.807) is 23.7 Å². The van der Waals surface area contributed by atoms with Gasteiger partial charge in [0, 0.05) is 30.3 Å². The Morgan fingerprint density at radius 1 is 1.32 bits per heavy atom. The maximum Gasteiger partial charge on any atom is 0.249 e. The highest BCUT2D eigenvalue weighted by Crippen LogP contribution is 2.31. The van der Waals surface area contributed by atoms with Gasteiger partial charge in [0.15, 0.2) is 0 Å². The lowest BCUT2D eigenvalue weighted by Gasteiger charge is -2.27. The van der Waals surface area contributed by atoms with Gasteiger partial charge in [0.05, 0.1) is 5.69 Å². The Morgan fingerprint density at radius 3 is 2.50 bits per heavy atom. The molecular formula is C17H22BrN3O. The fourth-order valence-corrected chi connectivity index (χ4v) is 2.95. The van der Waals surface area contributed by atoms with Crippen molar-refractivity contribution < 1.29 is 4.79 Å². The van der Waals surface area contributed by atoms with E-state index in [0.717, 1.165) is 27.7 Å². The SMILES string of the molecule is CCc1cn(C(C)(C)C(=O)N(C)C)nc1-c1ccccc1Br. The van der Waals surface area contributed by atoms with E-state index in [9.17, 15) is 4.79 Å². The normalized spacial score (nSPS) is 11.5. The summed E-state index contributed by atoms with van der Waals surface area (Å²) in [6.07, 6.45) is 2.85. The van der Waals surface area contributed by atoms with E-state index in [-0.39, 0.29) is 5.91 Å². The Kier molecular flexibility index (Phi) is 4.75. The van der Waals surface area contributed by atoms with Crippen molar-refractivity contribution in [1.29, 1.82) is 0 Å². The van der Waals surface area contributed by atoms with E-state index in [1.807, 2.05) is 44.3 Å². The van der Waals surface area contributed by atoms with Gasteiger partial charge in [-0.25, -0.2) is 0 Å². The lowest BCUT2D eigenvalue weighted by atomic mass is 10.0. The Labute approximate surface area is 140 Å². The quantitative estimate of drug-likeness (QED) is 0.830. The summed E-state index contributed by atoms with van der Waals surface area (Å²) in [7, 11) is 3.53. The third kappa shape index (κ3) is 2.95. The van der Waals surface area contributed by atoms with Crippen LogP contribution in [0.25, 0.3) is 11.3 Å². The summed E-state index contributed by atoms with van der Waals surface area (Å²) in [5, 5.41) is 4.73. The van der Waals surface area contributed by atoms with Crippen molar-refractivity contribution in [2.45, 2.75) is 32.7 Å². The zero-order valence-electron chi connectivity index (χ0n) is 13.7. The van der Waals surface area contributed by atoms with Gasteiger partial charge in [0.2, 0.25) is 5.91 Å². The number of carbonyl (C=O) groups excluding carboxylic acids is 1. The van der Waals surface area contributed by atoms with Crippen LogP contribution in [0.2, 0.25) is 0 Å². The van der Waals surface area contributed by atoms with Gasteiger partial charge >= 0.3 is 0 Å². The number of aryl methyl sites for hydroxylation is 1. The number of carbonyl (C=O) groups is 1. The van der Waals surface area contributed by atoms with Crippen LogP contribution >= 0.6 is 15.9 Å². The summed E-state index contributed by atoms with van der Waals surface area (Å²) >= 11 is 3.58. The molecule has 0 fully saturated rings. The fraction of sp³-hybridized carbons (Fsp3) is 0.412. The van der Waals surface area contributed by atoms with Crippen LogP contribution in [0, 0.1) is 0 Å². The molecule has 0 unspecified atom stereocenters. The molecule has 118 valence electrons. The number of aromatic nitrogens is 2. The van der Waals surface area contributed by atoms with Gasteiger partial charge in [-0.3, -0.25) is 9.48 Å². The molecule has 2 aromatic rings. The minimum Gasteiger partial charge on any atom is -0.347 e. The van der Waals surface area contributed by atoms with Crippen molar-refractivity contribution in [3.63, 3.8) is 0 Å². The molecular weight excluding hydrogens is 342 g/mol. The smallest absolute Gasteiger partial charge is 0.249 e. The molecule has 0 saturated heterocycles. The summed E-state index contributed by atoms with van der Waals surface area (Å²) in [6, 6.07) is 8.02. The molecule has 0 bridgehead atoms. The van der Waals surface area contributed by atoms with Gasteiger partial charge < -0.3 is 4.90 Å². The lowest BCUT2D eigenvalue weighted by molar-refractivity contribution is -0.137. The molecule has 0 atom stereocenters. The monoisotopic (exact) mass is 363 g/mol. The summed E-state index contributed by atoms with van der Waals surface area (Å²) < 4.78 is 2.79. The molecule has 0 N–H and O–H groups in total. The Hall–Kier alpha value is -1.62. The van der Waals surface area contributed by atoms with Crippen LogP contribution in [-0.4, -0.2) is 34.7 Å². The molecule has 5 heteroatoms. The third-order valence-corrected chi connectivity index (χ3v) is 4.49. The molecule has 1 aromatic heterocycles. The molecule has 1 aromatic carbocycles. The minimum atomic E-state index is -0.715. The highest BCUT2D eigenvalue weighted by Gasteiger charge is 2.33. The largest absolute Gasteiger partial charge is 0.347 e. The van der Waals surface area contributed by atoms with Gasteiger partial charge in [-0.15, -0.1) is 0 Å². The fourth-order valence-electron chi connectivity index (χ4n) is 2.48. The van der Waals surface area contributed by atoms with Crippen molar-refractivity contribution >= 4 is 21.8 Å². The molecule has 22 heavy (non-hydrogen) atoms. The predicted molar refractivity (Wildman–Crippen MR) is 92.8 cm³/mol. The summed E-state index contributed by atoms with van der Waals surface area (Å²) in [4.78, 5) is 14.0. The van der Waals surface area contributed by atoms with Crippen LogP contribution in [0.3, 0.4) is 0 Å². The molecule has 0 saturated carbocycles. The summed E-state index contributed by atoms with van der Waals surface area (Å²) in [5.41, 5.74) is 2.39. The molecule has 1 heterocycles. The first kappa shape index (κ1) is 16.7. The molecule has 0 radical (unpaired) electrons. The van der Waals surface area contributed by atoms with Gasteiger partial charge in [0.1, 0.15) is 5.54 Å². The van der Waals surface area contributed by atoms with Crippen molar-refractivity contribution in [1.82, 2.24) is 14.7 Å². The first-order chi connectivity index (χ1) is 10.3. The maximum atomic E-state index is 12.4. The molecule has 0 aliphatic rings. The topological polar surface area (TPSA) is 38.1 Å². The Morgan fingerprint density at radius 2 is 1.95 bits per heavy atom. The lowest BCUT2D eigenvalue weighted by Crippen LogP contribution is -2.44. The van der Waals surface area contributed by atoms with Crippen LogP contribution in [-0.2, 0) is 16.8 Å². The number of nitrogens with zero attached hydrogens (tertiary/aromatic N) is 3. The highest BCUT2D eigenvalue weighted by molar-refractivity contribution is 9.10. The number of rotatable bonds is 4. The van der Waals surface area contributed by atoms with Crippen LogP contribution in [0.4, 0.5) is 0 Å². The number of likely N-dealkylation sites (N-methyl/N-ethyl adjacent to an activating group) is 1. The zero-order valence-corrected chi connectivity index (χ0v) is 15.3. The molecule has 4 nitrogen and oxygen atoms in total. The number of hydrogen-bond acceptors (Lipinski definition) is 2. The Balaban J connectivity index is 2.55. The second-order valence-electron chi connectivity index (χ2n) is 6.04.